The summed E-state index contributed by atoms with van der Waals surface area (Å²) in [5, 5.41) is 11.1. The van der Waals surface area contributed by atoms with Crippen molar-refractivity contribution < 1.29 is 8.60 Å². The first kappa shape index (κ1) is 20.0. The van der Waals surface area contributed by atoms with Crippen LogP contribution in [0.2, 0.25) is 0 Å². The Kier molecular flexibility index (Phi) is 6.60. The van der Waals surface area contributed by atoms with Gasteiger partial charge >= 0.3 is 0 Å². The molecule has 2 N–H and O–H groups in total. The maximum atomic E-state index is 13.5. The monoisotopic (exact) mass is 389 g/mol. The fourth-order valence-corrected chi connectivity index (χ4v) is 4.99. The maximum Gasteiger partial charge on any atom is 0.127 e. The topological polar surface area (TPSA) is 56.2 Å². The predicted molar refractivity (Wildman–Crippen MR) is 110 cm³/mol. The molecular formula is C21H28FN3OS. The average molecular weight is 390 g/mol. The second-order valence-corrected chi connectivity index (χ2v) is 8.65. The Morgan fingerprint density at radius 2 is 2.00 bits per heavy atom. The quantitative estimate of drug-likeness (QED) is 0.571. The van der Waals surface area contributed by atoms with Gasteiger partial charge in [-0.2, -0.15) is 0 Å². The van der Waals surface area contributed by atoms with Gasteiger partial charge < -0.3 is 10.7 Å². The Bertz CT molecular complexity index is 784. The van der Waals surface area contributed by atoms with Crippen molar-refractivity contribution in [2.75, 3.05) is 25.0 Å². The van der Waals surface area contributed by atoms with Gasteiger partial charge in [0.1, 0.15) is 16.8 Å². The van der Waals surface area contributed by atoms with Crippen molar-refractivity contribution in [1.29, 1.82) is 5.41 Å². The van der Waals surface area contributed by atoms with E-state index in [1.165, 1.54) is 11.8 Å². The Balaban J connectivity index is 1.71. The Morgan fingerprint density at radius 3 is 2.67 bits per heavy atom. The van der Waals surface area contributed by atoms with E-state index in [9.17, 15) is 8.60 Å². The summed E-state index contributed by atoms with van der Waals surface area (Å²) >= 11 is 0. The number of anilines is 1. The minimum Gasteiger partial charge on any atom is -0.381 e. The molecule has 0 aliphatic heterocycles. The smallest absolute Gasteiger partial charge is 0.127 e. The van der Waals surface area contributed by atoms with Gasteiger partial charge in [-0.3, -0.25) is 0 Å². The van der Waals surface area contributed by atoms with Gasteiger partial charge in [-0.1, -0.05) is 19.9 Å². The highest BCUT2D eigenvalue weighted by atomic mass is 32.2. The zero-order chi connectivity index (χ0) is 19.4. The third kappa shape index (κ3) is 4.55. The standard InChI is InChI=1S/C21H28FN3OS/c1-3-9-25(10-4-2)27(26)17-6-8-21(16(11-17)13-23)24-14-15-5-7-20(22)19-12-18(15)19/h5-8,11,13,18-19,23-24H,3-4,9-10,12,14H2,1-2H3. The Labute approximate surface area is 163 Å². The van der Waals surface area contributed by atoms with E-state index < -0.39 is 11.0 Å². The molecular weight excluding hydrogens is 361 g/mol. The summed E-state index contributed by atoms with van der Waals surface area (Å²) in [6, 6.07) is 5.60. The van der Waals surface area contributed by atoms with E-state index >= 15 is 0 Å². The van der Waals surface area contributed by atoms with Crippen LogP contribution >= 0.6 is 0 Å². The molecule has 0 radical (unpaired) electrons. The van der Waals surface area contributed by atoms with Gasteiger partial charge in [0, 0.05) is 43.0 Å². The van der Waals surface area contributed by atoms with Gasteiger partial charge in [0.05, 0.1) is 4.90 Å². The number of fused-ring (bicyclic) bond motifs is 1. The zero-order valence-corrected chi connectivity index (χ0v) is 16.8. The van der Waals surface area contributed by atoms with Crippen molar-refractivity contribution in [3.8, 4) is 0 Å². The van der Waals surface area contributed by atoms with E-state index in [1.54, 1.807) is 6.08 Å². The molecule has 0 spiro atoms. The summed E-state index contributed by atoms with van der Waals surface area (Å²) in [6.45, 7) is 6.40. The molecule has 0 aromatic heterocycles. The number of allylic oxidation sites excluding steroid dienone is 3. The third-order valence-electron chi connectivity index (χ3n) is 5.12. The number of nitrogens with zero attached hydrogens (tertiary/aromatic N) is 1. The van der Waals surface area contributed by atoms with E-state index in [2.05, 4.69) is 19.2 Å². The van der Waals surface area contributed by atoms with Gasteiger partial charge in [-0.25, -0.2) is 12.9 Å². The lowest BCUT2D eigenvalue weighted by Gasteiger charge is -2.20. The van der Waals surface area contributed by atoms with Gasteiger partial charge in [0.25, 0.3) is 0 Å². The maximum absolute atomic E-state index is 13.5. The van der Waals surface area contributed by atoms with E-state index in [1.807, 2.05) is 28.6 Å². The molecule has 0 bridgehead atoms. The average Bonchev–Trinajstić information content (AvgIpc) is 3.48. The van der Waals surface area contributed by atoms with Crippen molar-refractivity contribution >= 4 is 22.9 Å². The lowest BCUT2D eigenvalue weighted by atomic mass is 10.0. The molecule has 146 valence electrons. The van der Waals surface area contributed by atoms with Crippen LogP contribution < -0.4 is 5.32 Å². The number of hydrogen-bond donors (Lipinski definition) is 2. The molecule has 3 atom stereocenters. The van der Waals surface area contributed by atoms with Crippen LogP contribution in [0.15, 0.2) is 46.6 Å². The Hall–Kier alpha value is -1.79. The fraction of sp³-hybridized carbons (Fsp3) is 0.476. The highest BCUT2D eigenvalue weighted by Gasteiger charge is 2.44. The predicted octanol–water partition coefficient (Wildman–Crippen LogP) is 4.67. The van der Waals surface area contributed by atoms with E-state index in [0.717, 1.165) is 48.5 Å². The second-order valence-electron chi connectivity index (χ2n) is 7.17. The van der Waals surface area contributed by atoms with Crippen LogP contribution in [0, 0.1) is 17.2 Å². The van der Waals surface area contributed by atoms with Crippen LogP contribution in [0.4, 0.5) is 10.1 Å². The molecule has 27 heavy (non-hydrogen) atoms. The summed E-state index contributed by atoms with van der Waals surface area (Å²) in [5.74, 6) is 0.413. The molecule has 1 fully saturated rings. The summed E-state index contributed by atoms with van der Waals surface area (Å²) in [5.41, 5.74) is 2.78. The molecule has 2 aliphatic carbocycles. The first-order valence-electron chi connectivity index (χ1n) is 9.70. The number of nitrogens with one attached hydrogen (secondary N) is 2. The SMILES string of the molecule is CCCN(CCC)S(=O)c1ccc(NCC2=CC=C(F)C3CC23)c(C=N)c1. The van der Waals surface area contributed by atoms with Crippen molar-refractivity contribution in [3.05, 3.63) is 47.3 Å². The summed E-state index contributed by atoms with van der Waals surface area (Å²) < 4.78 is 28.4. The molecule has 0 heterocycles. The molecule has 0 saturated heterocycles. The Morgan fingerprint density at radius 1 is 1.26 bits per heavy atom. The number of rotatable bonds is 10. The molecule has 4 nitrogen and oxygen atoms in total. The van der Waals surface area contributed by atoms with Crippen molar-refractivity contribution in [3.63, 3.8) is 0 Å². The minimum atomic E-state index is -1.21. The minimum absolute atomic E-state index is 0.000486. The number of halogens is 1. The van der Waals surface area contributed by atoms with Crippen molar-refractivity contribution in [1.82, 2.24) is 4.31 Å². The fourth-order valence-electron chi connectivity index (χ4n) is 3.59. The van der Waals surface area contributed by atoms with E-state index in [0.29, 0.717) is 12.5 Å². The molecule has 2 aliphatic rings. The van der Waals surface area contributed by atoms with Crippen LogP contribution in [-0.2, 0) is 11.0 Å². The molecule has 1 aromatic carbocycles. The second kappa shape index (κ2) is 8.93. The van der Waals surface area contributed by atoms with Gasteiger partial charge in [0.2, 0.25) is 0 Å². The van der Waals surface area contributed by atoms with Crippen LogP contribution in [0.3, 0.4) is 0 Å². The van der Waals surface area contributed by atoms with Crippen LogP contribution in [-0.4, -0.2) is 34.4 Å². The lowest BCUT2D eigenvalue weighted by molar-refractivity contribution is 0.442. The first-order valence-corrected chi connectivity index (χ1v) is 10.8. The molecule has 6 heteroatoms. The molecule has 1 saturated carbocycles. The summed E-state index contributed by atoms with van der Waals surface area (Å²) in [4.78, 5) is 0.727. The van der Waals surface area contributed by atoms with Gasteiger partial charge in [-0.15, -0.1) is 0 Å². The van der Waals surface area contributed by atoms with Crippen LogP contribution in [0.1, 0.15) is 38.7 Å². The van der Waals surface area contributed by atoms with Crippen molar-refractivity contribution in [2.45, 2.75) is 38.0 Å². The van der Waals surface area contributed by atoms with Crippen LogP contribution in [0.25, 0.3) is 0 Å². The zero-order valence-electron chi connectivity index (χ0n) is 16.0. The molecule has 1 aromatic rings. The van der Waals surface area contributed by atoms with Gasteiger partial charge in [-0.05, 0) is 55.0 Å². The lowest BCUT2D eigenvalue weighted by Crippen LogP contribution is -2.28. The highest BCUT2D eigenvalue weighted by molar-refractivity contribution is 7.82. The largest absolute Gasteiger partial charge is 0.381 e. The summed E-state index contributed by atoms with van der Waals surface area (Å²) in [6.07, 6.45) is 7.55. The van der Waals surface area contributed by atoms with Crippen LogP contribution in [0.5, 0.6) is 0 Å². The van der Waals surface area contributed by atoms with Gasteiger partial charge in [0.15, 0.2) is 0 Å². The number of benzene rings is 1. The molecule has 0 amide bonds. The number of hydrogen-bond acceptors (Lipinski definition) is 3. The highest BCUT2D eigenvalue weighted by Crippen LogP contribution is 2.51. The third-order valence-corrected chi connectivity index (χ3v) is 6.61. The molecule has 3 rings (SSSR count). The van der Waals surface area contributed by atoms with E-state index in [-0.39, 0.29) is 11.7 Å². The molecule has 3 unspecified atom stereocenters. The first-order chi connectivity index (χ1) is 13.1. The van der Waals surface area contributed by atoms with Crippen molar-refractivity contribution in [2.24, 2.45) is 11.8 Å². The summed E-state index contributed by atoms with van der Waals surface area (Å²) in [7, 11) is -1.21. The normalized spacial score (nSPS) is 21.9. The van der Waals surface area contributed by atoms with E-state index in [4.69, 9.17) is 5.41 Å².